The van der Waals surface area contributed by atoms with Crippen LogP contribution in [0.3, 0.4) is 0 Å². The fourth-order valence-electron chi connectivity index (χ4n) is 2.50. The Labute approximate surface area is 106 Å². The Hall–Kier alpha value is -1.75. The number of H-pyrrole nitrogens is 1. The van der Waals surface area contributed by atoms with E-state index in [-0.39, 0.29) is 0 Å². The SMILES string of the molecule is c1cc(-c2nccnc2C[C@H]2CCCNC2)[nH]n1. The quantitative estimate of drug-likeness (QED) is 0.855. The van der Waals surface area contributed by atoms with Gasteiger partial charge in [-0.25, -0.2) is 0 Å². The van der Waals surface area contributed by atoms with Gasteiger partial charge in [-0.05, 0) is 44.3 Å². The topological polar surface area (TPSA) is 66.5 Å². The molecule has 2 aromatic rings. The molecule has 0 saturated carbocycles. The third-order valence-electron chi connectivity index (χ3n) is 3.41. The molecule has 2 aromatic heterocycles. The lowest BCUT2D eigenvalue weighted by molar-refractivity contribution is 0.373. The van der Waals surface area contributed by atoms with E-state index < -0.39 is 0 Å². The summed E-state index contributed by atoms with van der Waals surface area (Å²) in [6.07, 6.45) is 8.76. The maximum atomic E-state index is 4.49. The van der Waals surface area contributed by atoms with Gasteiger partial charge in [-0.3, -0.25) is 15.1 Å². The first-order valence-electron chi connectivity index (χ1n) is 6.44. The summed E-state index contributed by atoms with van der Waals surface area (Å²) in [5.74, 6) is 0.664. The Bertz CT molecular complexity index is 488. The highest BCUT2D eigenvalue weighted by Crippen LogP contribution is 2.22. The lowest BCUT2D eigenvalue weighted by atomic mass is 9.93. The third-order valence-corrected chi connectivity index (χ3v) is 3.41. The van der Waals surface area contributed by atoms with Gasteiger partial charge in [0.2, 0.25) is 0 Å². The Morgan fingerprint density at radius 3 is 2.94 bits per heavy atom. The van der Waals surface area contributed by atoms with E-state index in [1.54, 1.807) is 18.6 Å². The van der Waals surface area contributed by atoms with Crippen molar-refractivity contribution >= 4 is 0 Å². The number of rotatable bonds is 3. The van der Waals surface area contributed by atoms with Gasteiger partial charge >= 0.3 is 0 Å². The molecule has 0 amide bonds. The van der Waals surface area contributed by atoms with Crippen LogP contribution in [0.2, 0.25) is 0 Å². The largest absolute Gasteiger partial charge is 0.316 e. The van der Waals surface area contributed by atoms with Crippen molar-refractivity contribution in [3.63, 3.8) is 0 Å². The van der Waals surface area contributed by atoms with Crippen LogP contribution in [0.25, 0.3) is 11.4 Å². The van der Waals surface area contributed by atoms with Crippen LogP contribution >= 0.6 is 0 Å². The minimum atomic E-state index is 0.664. The van der Waals surface area contributed by atoms with Crippen molar-refractivity contribution < 1.29 is 0 Å². The van der Waals surface area contributed by atoms with E-state index >= 15 is 0 Å². The monoisotopic (exact) mass is 243 g/mol. The van der Waals surface area contributed by atoms with Gasteiger partial charge in [0, 0.05) is 18.6 Å². The predicted molar refractivity (Wildman–Crippen MR) is 68.9 cm³/mol. The lowest BCUT2D eigenvalue weighted by Crippen LogP contribution is -2.31. The molecule has 5 heteroatoms. The Morgan fingerprint density at radius 2 is 2.17 bits per heavy atom. The zero-order chi connectivity index (χ0) is 12.2. The highest BCUT2D eigenvalue weighted by molar-refractivity contribution is 5.55. The summed E-state index contributed by atoms with van der Waals surface area (Å²) in [7, 11) is 0. The molecule has 18 heavy (non-hydrogen) atoms. The van der Waals surface area contributed by atoms with Crippen LogP contribution in [0.15, 0.2) is 24.7 Å². The van der Waals surface area contributed by atoms with Crippen molar-refractivity contribution in [1.82, 2.24) is 25.5 Å². The highest BCUT2D eigenvalue weighted by atomic mass is 15.1. The van der Waals surface area contributed by atoms with Gasteiger partial charge < -0.3 is 5.32 Å². The van der Waals surface area contributed by atoms with Crippen LogP contribution in [0.4, 0.5) is 0 Å². The fraction of sp³-hybridized carbons (Fsp3) is 0.462. The summed E-state index contributed by atoms with van der Waals surface area (Å²) in [4.78, 5) is 8.92. The van der Waals surface area contributed by atoms with E-state index in [2.05, 4.69) is 25.5 Å². The molecule has 1 saturated heterocycles. The van der Waals surface area contributed by atoms with Crippen molar-refractivity contribution in [2.75, 3.05) is 13.1 Å². The van der Waals surface area contributed by atoms with Gasteiger partial charge in [-0.2, -0.15) is 5.10 Å². The third kappa shape index (κ3) is 2.41. The van der Waals surface area contributed by atoms with Crippen molar-refractivity contribution in [3.8, 4) is 11.4 Å². The van der Waals surface area contributed by atoms with Gasteiger partial charge in [0.1, 0.15) is 5.69 Å². The molecule has 5 nitrogen and oxygen atoms in total. The number of hydrogen-bond donors (Lipinski definition) is 2. The fourth-order valence-corrected chi connectivity index (χ4v) is 2.50. The molecular formula is C13H17N5. The van der Waals surface area contributed by atoms with Crippen molar-refractivity contribution in [2.24, 2.45) is 5.92 Å². The van der Waals surface area contributed by atoms with Gasteiger partial charge in [-0.1, -0.05) is 0 Å². The standard InChI is InChI=1S/C13H17N5/c1-2-10(9-14-4-1)8-12-13(16-7-6-15-12)11-3-5-17-18-11/h3,5-7,10,14H,1-2,4,8-9H2,(H,17,18)/t10-/m1/s1. The summed E-state index contributed by atoms with van der Waals surface area (Å²) in [5.41, 5.74) is 2.94. The van der Waals surface area contributed by atoms with Crippen LogP contribution in [0.1, 0.15) is 18.5 Å². The van der Waals surface area contributed by atoms with E-state index in [4.69, 9.17) is 0 Å². The maximum absolute atomic E-state index is 4.49. The van der Waals surface area contributed by atoms with Crippen LogP contribution in [0.5, 0.6) is 0 Å². The van der Waals surface area contributed by atoms with Gasteiger partial charge in [0.25, 0.3) is 0 Å². The first kappa shape index (κ1) is 11.3. The number of piperidine rings is 1. The molecule has 1 atom stereocenters. The van der Waals surface area contributed by atoms with Crippen LogP contribution in [-0.2, 0) is 6.42 Å². The number of aromatic nitrogens is 4. The predicted octanol–water partition coefficient (Wildman–Crippen LogP) is 1.41. The second-order valence-corrected chi connectivity index (χ2v) is 4.74. The maximum Gasteiger partial charge on any atom is 0.110 e. The zero-order valence-electron chi connectivity index (χ0n) is 10.3. The van der Waals surface area contributed by atoms with Crippen LogP contribution in [-0.4, -0.2) is 33.3 Å². The Kier molecular flexibility index (Phi) is 3.32. The molecule has 1 aliphatic rings. The van der Waals surface area contributed by atoms with Gasteiger partial charge in [-0.15, -0.1) is 0 Å². The molecule has 0 aliphatic carbocycles. The zero-order valence-corrected chi connectivity index (χ0v) is 10.3. The van der Waals surface area contributed by atoms with Crippen molar-refractivity contribution in [2.45, 2.75) is 19.3 Å². The van der Waals surface area contributed by atoms with Crippen molar-refractivity contribution in [1.29, 1.82) is 0 Å². The summed E-state index contributed by atoms with van der Waals surface area (Å²) >= 11 is 0. The van der Waals surface area contributed by atoms with E-state index in [9.17, 15) is 0 Å². The first-order chi connectivity index (χ1) is 8.93. The van der Waals surface area contributed by atoms with Gasteiger partial charge in [0.05, 0.1) is 11.4 Å². The second kappa shape index (κ2) is 5.27. The summed E-state index contributed by atoms with van der Waals surface area (Å²) in [6.45, 7) is 2.23. The lowest BCUT2D eigenvalue weighted by Gasteiger charge is -2.22. The van der Waals surface area contributed by atoms with Crippen LogP contribution in [0, 0.1) is 5.92 Å². The van der Waals surface area contributed by atoms with E-state index in [0.717, 1.165) is 36.6 Å². The number of hydrogen-bond acceptors (Lipinski definition) is 4. The van der Waals surface area contributed by atoms with Crippen LogP contribution < -0.4 is 5.32 Å². The molecule has 1 aliphatic heterocycles. The van der Waals surface area contributed by atoms with E-state index in [1.807, 2.05) is 6.07 Å². The minimum absolute atomic E-state index is 0.664. The molecule has 1 fully saturated rings. The molecule has 0 unspecified atom stereocenters. The molecular weight excluding hydrogens is 226 g/mol. The molecule has 3 rings (SSSR count). The molecule has 3 heterocycles. The molecule has 0 radical (unpaired) electrons. The summed E-state index contributed by atoms with van der Waals surface area (Å²) in [5, 5.41) is 10.4. The molecule has 0 aromatic carbocycles. The van der Waals surface area contributed by atoms with E-state index in [1.165, 1.54) is 12.8 Å². The minimum Gasteiger partial charge on any atom is -0.316 e. The normalized spacial score (nSPS) is 19.9. The number of aromatic amines is 1. The second-order valence-electron chi connectivity index (χ2n) is 4.74. The number of nitrogens with one attached hydrogen (secondary N) is 2. The van der Waals surface area contributed by atoms with Gasteiger partial charge in [0.15, 0.2) is 0 Å². The summed E-state index contributed by atoms with van der Waals surface area (Å²) in [6, 6.07) is 1.94. The van der Waals surface area contributed by atoms with E-state index in [0.29, 0.717) is 5.92 Å². The first-order valence-corrected chi connectivity index (χ1v) is 6.44. The molecule has 94 valence electrons. The highest BCUT2D eigenvalue weighted by Gasteiger charge is 2.17. The van der Waals surface area contributed by atoms with Crippen molar-refractivity contribution in [3.05, 3.63) is 30.4 Å². The Morgan fingerprint density at radius 1 is 1.22 bits per heavy atom. The summed E-state index contributed by atoms with van der Waals surface area (Å²) < 4.78 is 0. The average Bonchev–Trinajstić information content (AvgIpc) is 2.94. The molecule has 0 bridgehead atoms. The smallest absolute Gasteiger partial charge is 0.110 e. The Balaban J connectivity index is 1.83. The molecule has 0 spiro atoms. The average molecular weight is 243 g/mol. The molecule has 2 N–H and O–H groups in total. The number of nitrogens with zero attached hydrogens (tertiary/aromatic N) is 3.